The van der Waals surface area contributed by atoms with Gasteiger partial charge in [0.1, 0.15) is 11.3 Å². The van der Waals surface area contributed by atoms with Crippen molar-refractivity contribution in [3.8, 4) is 0 Å². The van der Waals surface area contributed by atoms with Gasteiger partial charge in [-0.2, -0.15) is 0 Å². The molecule has 108 valence electrons. The summed E-state index contributed by atoms with van der Waals surface area (Å²) >= 11 is 0. The Kier molecular flexibility index (Phi) is 4.63. The minimum atomic E-state index is -0.0804. The summed E-state index contributed by atoms with van der Waals surface area (Å²) in [4.78, 5) is 12.9. The van der Waals surface area contributed by atoms with E-state index < -0.39 is 0 Å². The van der Waals surface area contributed by atoms with Crippen LogP contribution in [0, 0.1) is 0 Å². The van der Waals surface area contributed by atoms with E-state index in [2.05, 4.69) is 10.6 Å². The van der Waals surface area contributed by atoms with Crippen LogP contribution >= 0.6 is 0 Å². The third-order valence-corrected chi connectivity index (χ3v) is 3.13. The topological polar surface area (TPSA) is 57.5 Å². The van der Waals surface area contributed by atoms with Gasteiger partial charge in [0, 0.05) is 32.6 Å². The van der Waals surface area contributed by atoms with Gasteiger partial charge in [0.15, 0.2) is 0 Å². The molecule has 20 heavy (non-hydrogen) atoms. The highest BCUT2D eigenvalue weighted by Gasteiger charge is 2.10. The van der Waals surface area contributed by atoms with E-state index in [1.54, 1.807) is 14.1 Å². The quantitative estimate of drug-likeness (QED) is 0.824. The molecule has 0 aliphatic rings. The lowest BCUT2D eigenvalue weighted by Gasteiger charge is -2.14. The molecule has 2 rings (SSSR count). The molecular weight excluding hydrogens is 254 g/mol. The monoisotopic (exact) mass is 275 g/mol. The molecule has 0 aliphatic carbocycles. The first-order valence-electron chi connectivity index (χ1n) is 6.75. The van der Waals surface area contributed by atoms with Crippen molar-refractivity contribution in [2.45, 2.75) is 13.0 Å². The summed E-state index contributed by atoms with van der Waals surface area (Å²) in [5, 5.41) is 7.24. The van der Waals surface area contributed by atoms with E-state index in [0.29, 0.717) is 13.1 Å². The van der Waals surface area contributed by atoms with Crippen LogP contribution in [0.4, 0.5) is 4.79 Å². The molecule has 5 heteroatoms. The molecule has 1 aromatic carbocycles. The SMILES string of the molecule is CC(NCCNC(=O)N(C)C)c1cc2ccccc2o1. The van der Waals surface area contributed by atoms with E-state index in [9.17, 15) is 4.79 Å². The van der Waals surface area contributed by atoms with E-state index in [4.69, 9.17) is 4.42 Å². The molecule has 2 amide bonds. The summed E-state index contributed by atoms with van der Waals surface area (Å²) in [6.45, 7) is 3.32. The fraction of sp³-hybridized carbons (Fsp3) is 0.400. The predicted molar refractivity (Wildman–Crippen MR) is 79.7 cm³/mol. The summed E-state index contributed by atoms with van der Waals surface area (Å²) in [5.41, 5.74) is 0.900. The van der Waals surface area contributed by atoms with Gasteiger partial charge in [0.05, 0.1) is 6.04 Å². The summed E-state index contributed by atoms with van der Waals surface area (Å²) in [6, 6.07) is 10.0. The summed E-state index contributed by atoms with van der Waals surface area (Å²) < 4.78 is 5.79. The molecule has 1 unspecified atom stereocenters. The molecule has 0 bridgehead atoms. The Morgan fingerprint density at radius 1 is 1.30 bits per heavy atom. The number of nitrogens with one attached hydrogen (secondary N) is 2. The zero-order valence-electron chi connectivity index (χ0n) is 12.1. The molecule has 0 spiro atoms. The molecular formula is C15H21N3O2. The van der Waals surface area contributed by atoms with Crippen LogP contribution in [0.1, 0.15) is 18.7 Å². The van der Waals surface area contributed by atoms with E-state index in [-0.39, 0.29) is 12.1 Å². The van der Waals surface area contributed by atoms with E-state index in [0.717, 1.165) is 16.7 Å². The number of carbonyl (C=O) groups excluding carboxylic acids is 1. The van der Waals surface area contributed by atoms with Crippen LogP contribution in [0.15, 0.2) is 34.7 Å². The second kappa shape index (κ2) is 6.43. The zero-order chi connectivity index (χ0) is 14.5. The minimum Gasteiger partial charge on any atom is -0.459 e. The van der Waals surface area contributed by atoms with Gasteiger partial charge in [-0.05, 0) is 19.1 Å². The number of urea groups is 1. The molecule has 0 fully saturated rings. The number of para-hydroxylation sites is 1. The lowest BCUT2D eigenvalue weighted by Crippen LogP contribution is -2.38. The van der Waals surface area contributed by atoms with E-state index >= 15 is 0 Å². The molecule has 1 aromatic heterocycles. The molecule has 0 aliphatic heterocycles. The van der Waals surface area contributed by atoms with Gasteiger partial charge in [0.25, 0.3) is 0 Å². The standard InChI is InChI=1S/C15H21N3O2/c1-11(16-8-9-17-15(19)18(2)3)14-10-12-6-4-5-7-13(12)20-14/h4-7,10-11,16H,8-9H2,1-3H3,(H,17,19). The Morgan fingerprint density at radius 3 is 2.75 bits per heavy atom. The van der Waals surface area contributed by atoms with Gasteiger partial charge in [-0.25, -0.2) is 4.79 Å². The van der Waals surface area contributed by atoms with Crippen molar-refractivity contribution in [2.75, 3.05) is 27.2 Å². The van der Waals surface area contributed by atoms with E-state index in [1.807, 2.05) is 37.3 Å². The maximum Gasteiger partial charge on any atom is 0.316 e. The number of benzene rings is 1. The average molecular weight is 275 g/mol. The van der Waals surface area contributed by atoms with Gasteiger partial charge in [-0.3, -0.25) is 0 Å². The largest absolute Gasteiger partial charge is 0.459 e. The maximum absolute atomic E-state index is 11.3. The highest BCUT2D eigenvalue weighted by Crippen LogP contribution is 2.23. The predicted octanol–water partition coefficient (Wildman–Crippen LogP) is 2.35. The Balaban J connectivity index is 1.83. The fourth-order valence-electron chi connectivity index (χ4n) is 1.93. The fourth-order valence-corrected chi connectivity index (χ4v) is 1.93. The highest BCUT2D eigenvalue weighted by atomic mass is 16.3. The highest BCUT2D eigenvalue weighted by molar-refractivity contribution is 5.77. The first kappa shape index (κ1) is 14.4. The summed E-state index contributed by atoms with van der Waals surface area (Å²) in [7, 11) is 3.44. The maximum atomic E-state index is 11.3. The van der Waals surface area contributed by atoms with Crippen LogP contribution in [0.25, 0.3) is 11.0 Å². The zero-order valence-corrected chi connectivity index (χ0v) is 12.1. The van der Waals surface area contributed by atoms with Gasteiger partial charge in [0.2, 0.25) is 0 Å². The molecule has 1 atom stereocenters. The second-order valence-corrected chi connectivity index (χ2v) is 4.99. The molecule has 0 saturated heterocycles. The van der Waals surface area contributed by atoms with Gasteiger partial charge in [-0.15, -0.1) is 0 Å². The van der Waals surface area contributed by atoms with Crippen LogP contribution in [-0.2, 0) is 0 Å². The number of amides is 2. The van der Waals surface area contributed by atoms with Gasteiger partial charge >= 0.3 is 6.03 Å². The van der Waals surface area contributed by atoms with Crippen molar-refractivity contribution in [3.63, 3.8) is 0 Å². The molecule has 5 nitrogen and oxygen atoms in total. The van der Waals surface area contributed by atoms with Crippen LogP contribution in [-0.4, -0.2) is 38.1 Å². The molecule has 2 N–H and O–H groups in total. The Labute approximate surface area is 118 Å². The Hall–Kier alpha value is -2.01. The van der Waals surface area contributed by atoms with Crippen molar-refractivity contribution >= 4 is 17.0 Å². The first-order chi connectivity index (χ1) is 9.58. The average Bonchev–Trinajstić information content (AvgIpc) is 2.86. The number of nitrogens with zero attached hydrogens (tertiary/aromatic N) is 1. The molecule has 0 saturated carbocycles. The lowest BCUT2D eigenvalue weighted by molar-refractivity contribution is 0.217. The first-order valence-corrected chi connectivity index (χ1v) is 6.75. The summed E-state index contributed by atoms with van der Waals surface area (Å²) in [6.07, 6.45) is 0. The van der Waals surface area contributed by atoms with Crippen molar-refractivity contribution in [2.24, 2.45) is 0 Å². The number of fused-ring (bicyclic) bond motifs is 1. The van der Waals surface area contributed by atoms with Crippen molar-refractivity contribution in [1.29, 1.82) is 0 Å². The van der Waals surface area contributed by atoms with Crippen LogP contribution in [0.2, 0.25) is 0 Å². The Bertz CT molecular complexity index is 544. The van der Waals surface area contributed by atoms with Crippen LogP contribution < -0.4 is 10.6 Å². The lowest BCUT2D eigenvalue weighted by atomic mass is 10.2. The normalized spacial score (nSPS) is 12.3. The number of hydrogen-bond acceptors (Lipinski definition) is 3. The Morgan fingerprint density at radius 2 is 2.05 bits per heavy atom. The second-order valence-electron chi connectivity index (χ2n) is 4.99. The van der Waals surface area contributed by atoms with Gasteiger partial charge in [-0.1, -0.05) is 18.2 Å². The molecule has 0 radical (unpaired) electrons. The minimum absolute atomic E-state index is 0.0804. The molecule has 1 heterocycles. The number of hydrogen-bond donors (Lipinski definition) is 2. The smallest absolute Gasteiger partial charge is 0.316 e. The number of rotatable bonds is 5. The van der Waals surface area contributed by atoms with Crippen LogP contribution in [0.5, 0.6) is 0 Å². The van der Waals surface area contributed by atoms with Crippen molar-refractivity contribution < 1.29 is 9.21 Å². The van der Waals surface area contributed by atoms with E-state index in [1.165, 1.54) is 4.90 Å². The van der Waals surface area contributed by atoms with Crippen molar-refractivity contribution in [1.82, 2.24) is 15.5 Å². The van der Waals surface area contributed by atoms with Crippen molar-refractivity contribution in [3.05, 3.63) is 36.1 Å². The third kappa shape index (κ3) is 3.51. The number of furan rings is 1. The number of carbonyl (C=O) groups is 1. The molecule has 2 aromatic rings. The summed E-state index contributed by atoms with van der Waals surface area (Å²) in [5.74, 6) is 0.908. The van der Waals surface area contributed by atoms with Gasteiger partial charge < -0.3 is 20.0 Å². The third-order valence-electron chi connectivity index (χ3n) is 3.13. The van der Waals surface area contributed by atoms with Crippen LogP contribution in [0.3, 0.4) is 0 Å².